The number of halogens is 2. The second kappa shape index (κ2) is 6.60. The number of sulfonamides is 1. The molecule has 0 bridgehead atoms. The van der Waals surface area contributed by atoms with Crippen molar-refractivity contribution in [2.45, 2.75) is 25.3 Å². The Bertz CT molecular complexity index is 609. The molecule has 2 unspecified atom stereocenters. The first-order valence-electron chi connectivity index (χ1n) is 6.93. The van der Waals surface area contributed by atoms with Crippen molar-refractivity contribution in [3.63, 3.8) is 0 Å². The Morgan fingerprint density at radius 1 is 1.52 bits per heavy atom. The fraction of sp³-hybridized carbons (Fsp3) is 0.571. The molecule has 1 aliphatic rings. The fourth-order valence-corrected chi connectivity index (χ4v) is 3.82. The SMILES string of the molecule is CS(=O)(=O)N1CCCC(CC(N)c2ccc(Cl)c(F)c2)C1. The maximum absolute atomic E-state index is 13.5. The topological polar surface area (TPSA) is 63.4 Å². The first-order chi connectivity index (χ1) is 9.77. The van der Waals surface area contributed by atoms with E-state index in [1.54, 1.807) is 6.07 Å². The van der Waals surface area contributed by atoms with Crippen molar-refractivity contribution in [3.8, 4) is 0 Å². The van der Waals surface area contributed by atoms with E-state index in [9.17, 15) is 12.8 Å². The number of nitrogens with two attached hydrogens (primary N) is 1. The van der Waals surface area contributed by atoms with Crippen LogP contribution in [-0.2, 0) is 10.0 Å². The number of hydrogen-bond acceptors (Lipinski definition) is 3. The Balaban J connectivity index is 2.02. The molecule has 0 aromatic heterocycles. The van der Waals surface area contributed by atoms with Gasteiger partial charge in [-0.1, -0.05) is 17.7 Å². The van der Waals surface area contributed by atoms with E-state index in [1.165, 1.54) is 22.7 Å². The third-order valence-corrected chi connectivity index (χ3v) is 5.49. The summed E-state index contributed by atoms with van der Waals surface area (Å²) in [7, 11) is -3.16. The Hall–Kier alpha value is -0.690. The second-order valence-corrected chi connectivity index (χ2v) is 8.03. The maximum Gasteiger partial charge on any atom is 0.211 e. The third kappa shape index (κ3) is 4.39. The van der Waals surface area contributed by atoms with Crippen LogP contribution in [0.15, 0.2) is 18.2 Å². The average Bonchev–Trinajstić information content (AvgIpc) is 2.41. The van der Waals surface area contributed by atoms with Gasteiger partial charge in [-0.05, 0) is 42.9 Å². The molecular weight excluding hydrogens is 315 g/mol. The van der Waals surface area contributed by atoms with Crippen LogP contribution in [0.1, 0.15) is 30.9 Å². The van der Waals surface area contributed by atoms with Crippen LogP contribution in [0.25, 0.3) is 0 Å². The van der Waals surface area contributed by atoms with Crippen molar-refractivity contribution in [2.75, 3.05) is 19.3 Å². The number of rotatable bonds is 4. The highest BCUT2D eigenvalue weighted by Gasteiger charge is 2.27. The summed E-state index contributed by atoms with van der Waals surface area (Å²) in [6.45, 7) is 1.06. The Kier molecular flexibility index (Phi) is 5.24. The van der Waals surface area contributed by atoms with Gasteiger partial charge < -0.3 is 5.73 Å². The Labute approximate surface area is 130 Å². The summed E-state index contributed by atoms with van der Waals surface area (Å²) >= 11 is 5.66. The Morgan fingerprint density at radius 3 is 2.86 bits per heavy atom. The lowest BCUT2D eigenvalue weighted by molar-refractivity contribution is 0.247. The summed E-state index contributed by atoms with van der Waals surface area (Å²) in [6.07, 6.45) is 3.63. The molecule has 0 saturated carbocycles. The van der Waals surface area contributed by atoms with Gasteiger partial charge in [0.1, 0.15) is 5.82 Å². The summed E-state index contributed by atoms with van der Waals surface area (Å²) in [5.41, 5.74) is 6.81. The molecule has 2 N–H and O–H groups in total. The molecule has 0 spiro atoms. The lowest BCUT2D eigenvalue weighted by atomic mass is 9.90. The van der Waals surface area contributed by atoms with Crippen molar-refractivity contribution in [3.05, 3.63) is 34.6 Å². The molecular formula is C14H20ClFN2O2S. The monoisotopic (exact) mass is 334 g/mol. The molecule has 0 aliphatic carbocycles. The third-order valence-electron chi connectivity index (χ3n) is 3.91. The second-order valence-electron chi connectivity index (χ2n) is 5.65. The molecule has 2 atom stereocenters. The lowest BCUT2D eigenvalue weighted by Crippen LogP contribution is -2.40. The minimum Gasteiger partial charge on any atom is -0.324 e. The van der Waals surface area contributed by atoms with Gasteiger partial charge in [0.15, 0.2) is 0 Å². The van der Waals surface area contributed by atoms with Gasteiger partial charge in [0.2, 0.25) is 10.0 Å². The highest BCUT2D eigenvalue weighted by Crippen LogP contribution is 2.28. The van der Waals surface area contributed by atoms with E-state index in [2.05, 4.69) is 0 Å². The van der Waals surface area contributed by atoms with E-state index in [4.69, 9.17) is 17.3 Å². The van der Waals surface area contributed by atoms with Crippen LogP contribution in [-0.4, -0.2) is 32.1 Å². The highest BCUT2D eigenvalue weighted by molar-refractivity contribution is 7.88. The predicted molar refractivity (Wildman–Crippen MR) is 82.1 cm³/mol. The van der Waals surface area contributed by atoms with Crippen LogP contribution in [0.4, 0.5) is 4.39 Å². The smallest absolute Gasteiger partial charge is 0.211 e. The molecule has 1 aromatic carbocycles. The lowest BCUT2D eigenvalue weighted by Gasteiger charge is -2.32. The quantitative estimate of drug-likeness (QED) is 0.920. The summed E-state index contributed by atoms with van der Waals surface area (Å²) in [5.74, 6) is -0.284. The summed E-state index contributed by atoms with van der Waals surface area (Å²) in [4.78, 5) is 0. The van der Waals surface area contributed by atoms with Gasteiger partial charge in [0.05, 0.1) is 11.3 Å². The van der Waals surface area contributed by atoms with E-state index < -0.39 is 15.8 Å². The highest BCUT2D eigenvalue weighted by atomic mass is 35.5. The minimum atomic E-state index is -3.16. The summed E-state index contributed by atoms with van der Waals surface area (Å²) in [5, 5.41) is 0.0758. The van der Waals surface area contributed by atoms with Crippen LogP contribution in [0.3, 0.4) is 0 Å². The van der Waals surface area contributed by atoms with Crippen molar-refractivity contribution in [1.82, 2.24) is 4.31 Å². The zero-order chi connectivity index (χ0) is 15.6. The molecule has 21 heavy (non-hydrogen) atoms. The minimum absolute atomic E-state index is 0.0758. The van der Waals surface area contributed by atoms with E-state index in [1.807, 2.05) is 0 Å². The van der Waals surface area contributed by atoms with Crippen molar-refractivity contribution < 1.29 is 12.8 Å². The van der Waals surface area contributed by atoms with Gasteiger partial charge in [-0.2, -0.15) is 0 Å². The molecule has 118 valence electrons. The molecule has 1 fully saturated rings. The molecule has 1 aromatic rings. The van der Waals surface area contributed by atoms with Gasteiger partial charge in [-0.25, -0.2) is 17.1 Å². The first-order valence-corrected chi connectivity index (χ1v) is 9.15. The van der Waals surface area contributed by atoms with Gasteiger partial charge in [0.25, 0.3) is 0 Å². The number of benzene rings is 1. The standard InChI is InChI=1S/C14H20ClFN2O2S/c1-21(19,20)18-6-2-3-10(9-18)7-14(17)11-4-5-12(15)13(16)8-11/h4-5,8,10,14H,2-3,6-7,9,17H2,1H3. The van der Waals surface area contributed by atoms with Crippen LogP contribution in [0.5, 0.6) is 0 Å². The molecule has 7 heteroatoms. The molecule has 0 radical (unpaired) electrons. The van der Waals surface area contributed by atoms with Crippen LogP contribution >= 0.6 is 11.6 Å². The fourth-order valence-electron chi connectivity index (χ4n) is 2.76. The number of hydrogen-bond donors (Lipinski definition) is 1. The predicted octanol–water partition coefficient (Wildman–Crippen LogP) is 2.54. The normalized spacial score (nSPS) is 22.2. The van der Waals surface area contributed by atoms with Crippen LogP contribution in [0, 0.1) is 11.7 Å². The van der Waals surface area contributed by atoms with Crippen molar-refractivity contribution in [1.29, 1.82) is 0 Å². The van der Waals surface area contributed by atoms with Crippen molar-refractivity contribution in [2.24, 2.45) is 11.7 Å². The van der Waals surface area contributed by atoms with E-state index >= 15 is 0 Å². The zero-order valence-electron chi connectivity index (χ0n) is 11.9. The molecule has 1 heterocycles. The number of piperidine rings is 1. The van der Waals surface area contributed by atoms with E-state index in [0.717, 1.165) is 12.8 Å². The molecule has 2 rings (SSSR count). The van der Waals surface area contributed by atoms with Gasteiger partial charge >= 0.3 is 0 Å². The average molecular weight is 335 g/mol. The molecule has 1 saturated heterocycles. The zero-order valence-corrected chi connectivity index (χ0v) is 13.5. The first kappa shape index (κ1) is 16.7. The van der Waals surface area contributed by atoms with Gasteiger partial charge in [-0.3, -0.25) is 0 Å². The van der Waals surface area contributed by atoms with Crippen molar-refractivity contribution >= 4 is 21.6 Å². The summed E-state index contributed by atoms with van der Waals surface area (Å²) < 4.78 is 38.2. The van der Waals surface area contributed by atoms with Gasteiger partial charge in [-0.15, -0.1) is 0 Å². The largest absolute Gasteiger partial charge is 0.324 e. The van der Waals surface area contributed by atoms with Crippen LogP contribution < -0.4 is 5.73 Å². The van der Waals surface area contributed by atoms with Crippen LogP contribution in [0.2, 0.25) is 5.02 Å². The Morgan fingerprint density at radius 2 is 2.24 bits per heavy atom. The number of nitrogens with zero attached hydrogens (tertiary/aromatic N) is 1. The maximum atomic E-state index is 13.5. The molecule has 0 amide bonds. The van der Waals surface area contributed by atoms with E-state index in [-0.39, 0.29) is 17.0 Å². The van der Waals surface area contributed by atoms with E-state index in [0.29, 0.717) is 25.1 Å². The molecule has 4 nitrogen and oxygen atoms in total. The molecule has 1 aliphatic heterocycles. The summed E-state index contributed by atoms with van der Waals surface area (Å²) in [6, 6.07) is 4.24. The van der Waals surface area contributed by atoms with Gasteiger partial charge in [0, 0.05) is 19.1 Å².